The third-order valence-corrected chi connectivity index (χ3v) is 13.1. The van der Waals surface area contributed by atoms with E-state index in [9.17, 15) is 0 Å². The standard InChI is InChI=1S/C48H45BN2O2/c1-45(2,3)26-19-21-34-30(23-26)47(7,8)32-25-33-42-39-41(32)50(34)40-29-16-12-14-18-37(29)52-43(40)49(39)38-28-15-11-13-17-36(28)53-44(38)51(42)35-22-20-27(46(4,5)6)24-31(35)48(33,9)10/h11-25H,1-10H3. The van der Waals surface area contributed by atoms with Crippen LogP contribution in [0, 0.1) is 0 Å². The first-order chi connectivity index (χ1) is 25.1. The number of anilines is 6. The van der Waals surface area contributed by atoms with Crippen molar-refractivity contribution in [2.45, 2.75) is 90.9 Å². The van der Waals surface area contributed by atoms with E-state index >= 15 is 0 Å². The molecule has 7 aromatic rings. The van der Waals surface area contributed by atoms with Gasteiger partial charge in [-0.2, -0.15) is 0 Å². The molecule has 6 heterocycles. The monoisotopic (exact) mass is 692 g/mol. The summed E-state index contributed by atoms with van der Waals surface area (Å²) in [5.41, 5.74) is 19.0. The summed E-state index contributed by atoms with van der Waals surface area (Å²) in [5, 5.41) is 2.28. The number of fused-ring (bicyclic) bond motifs is 14. The Hall–Kier alpha value is -5.16. The van der Waals surface area contributed by atoms with E-state index < -0.39 is 0 Å². The Morgan fingerprint density at radius 1 is 0.509 bits per heavy atom. The topological polar surface area (TPSA) is 32.8 Å². The Morgan fingerprint density at radius 2 is 1.02 bits per heavy atom. The lowest BCUT2D eigenvalue weighted by Gasteiger charge is -2.52. The number of para-hydroxylation sites is 2. The molecule has 5 heteroatoms. The van der Waals surface area contributed by atoms with E-state index in [0.29, 0.717) is 0 Å². The van der Waals surface area contributed by atoms with Crippen LogP contribution in [-0.4, -0.2) is 6.71 Å². The van der Waals surface area contributed by atoms with E-state index in [2.05, 4.69) is 170 Å². The maximum atomic E-state index is 7.16. The average Bonchev–Trinajstić information content (AvgIpc) is 3.69. The molecule has 0 amide bonds. The Balaban J connectivity index is 1.35. The molecular formula is C48H45BN2O2. The number of rotatable bonds is 0. The summed E-state index contributed by atoms with van der Waals surface area (Å²) < 4.78 is 14.2. The smallest absolute Gasteiger partial charge is 0.302 e. The predicted molar refractivity (Wildman–Crippen MR) is 222 cm³/mol. The largest absolute Gasteiger partial charge is 0.468 e. The fourth-order valence-corrected chi connectivity index (χ4v) is 10.1. The molecule has 0 fully saturated rings. The molecule has 0 N–H and O–H groups in total. The van der Waals surface area contributed by atoms with Gasteiger partial charge in [0, 0.05) is 32.8 Å². The van der Waals surface area contributed by atoms with Crippen LogP contribution in [0.4, 0.5) is 34.3 Å². The highest BCUT2D eigenvalue weighted by Crippen LogP contribution is 2.61. The maximum absolute atomic E-state index is 7.16. The number of hydrogen-bond donors (Lipinski definition) is 0. The van der Waals surface area contributed by atoms with E-state index in [0.717, 1.165) is 39.2 Å². The van der Waals surface area contributed by atoms with Crippen molar-refractivity contribution in [1.82, 2.24) is 0 Å². The number of hydrogen-bond acceptors (Lipinski definition) is 4. The zero-order valence-corrected chi connectivity index (χ0v) is 32.4. The molecule has 0 radical (unpaired) electrons. The molecule has 0 saturated heterocycles. The lowest BCUT2D eigenvalue weighted by atomic mass is 9.34. The van der Waals surface area contributed by atoms with E-state index in [4.69, 9.17) is 8.83 Å². The maximum Gasteiger partial charge on any atom is 0.302 e. The van der Waals surface area contributed by atoms with Gasteiger partial charge in [0.15, 0.2) is 0 Å². The fraction of sp³-hybridized carbons (Fsp3) is 0.292. The SMILES string of the molecule is CC(C)(C)c1ccc2c(c1)C(C)(C)c1cc3c4c5c1N2c1oc2ccccc2c1B5c1oc2ccccc2c1N4c1ccc(C(C)(C)C)cc1C3(C)C. The van der Waals surface area contributed by atoms with Gasteiger partial charge in [0.05, 0.1) is 28.4 Å². The Labute approximate surface area is 312 Å². The fourth-order valence-electron chi connectivity index (χ4n) is 10.1. The van der Waals surface area contributed by atoms with Crippen LogP contribution >= 0.6 is 0 Å². The summed E-state index contributed by atoms with van der Waals surface area (Å²) in [4.78, 5) is 5.05. The van der Waals surface area contributed by atoms with Gasteiger partial charge in [0.1, 0.15) is 11.2 Å². The molecular weight excluding hydrogens is 647 g/mol. The molecule has 4 aliphatic rings. The van der Waals surface area contributed by atoms with Crippen LogP contribution in [-0.2, 0) is 21.7 Å². The second-order valence-electron chi connectivity index (χ2n) is 19.0. The molecule has 4 aliphatic heterocycles. The minimum absolute atomic E-state index is 0.0133. The van der Waals surface area contributed by atoms with Crippen molar-refractivity contribution < 1.29 is 8.83 Å². The quantitative estimate of drug-likeness (QED) is 0.148. The average molecular weight is 693 g/mol. The van der Waals surface area contributed by atoms with Crippen LogP contribution in [0.1, 0.15) is 103 Å². The number of benzene rings is 5. The summed E-state index contributed by atoms with van der Waals surface area (Å²) in [5.74, 6) is 0.898. The van der Waals surface area contributed by atoms with Gasteiger partial charge >= 0.3 is 6.71 Å². The third-order valence-electron chi connectivity index (χ3n) is 13.1. The highest BCUT2D eigenvalue weighted by molar-refractivity contribution is 7.01. The van der Waals surface area contributed by atoms with E-state index in [1.807, 2.05) is 0 Å². The van der Waals surface area contributed by atoms with Gasteiger partial charge < -0.3 is 13.7 Å². The Morgan fingerprint density at radius 3 is 1.60 bits per heavy atom. The predicted octanol–water partition coefficient (Wildman–Crippen LogP) is 11.1. The first-order valence-corrected chi connectivity index (χ1v) is 19.2. The summed E-state index contributed by atoms with van der Waals surface area (Å²) in [7, 11) is 0. The number of furan rings is 2. The van der Waals surface area contributed by atoms with Crippen molar-refractivity contribution >= 4 is 79.6 Å². The van der Waals surface area contributed by atoms with Crippen molar-refractivity contribution in [2.75, 3.05) is 9.80 Å². The van der Waals surface area contributed by atoms with Crippen LogP contribution in [0.3, 0.4) is 0 Å². The highest BCUT2D eigenvalue weighted by atomic mass is 16.4. The Kier molecular flexibility index (Phi) is 5.62. The van der Waals surface area contributed by atoms with Gasteiger partial charge in [-0.3, -0.25) is 4.90 Å². The zero-order chi connectivity index (χ0) is 36.7. The second kappa shape index (κ2) is 9.49. The van der Waals surface area contributed by atoms with Crippen molar-refractivity contribution in [3.8, 4) is 0 Å². The lowest BCUT2D eigenvalue weighted by molar-refractivity contribution is 0.572. The third kappa shape index (κ3) is 3.73. The highest BCUT2D eigenvalue weighted by Gasteiger charge is 2.56. The van der Waals surface area contributed by atoms with Crippen LogP contribution in [0.15, 0.2) is 99.8 Å². The zero-order valence-electron chi connectivity index (χ0n) is 32.4. The summed E-state index contributed by atoms with van der Waals surface area (Å²) in [6.07, 6.45) is 0. The summed E-state index contributed by atoms with van der Waals surface area (Å²) >= 11 is 0. The molecule has 11 rings (SSSR count). The molecule has 0 aliphatic carbocycles. The molecule has 4 nitrogen and oxygen atoms in total. The number of nitrogens with zero attached hydrogens (tertiary/aromatic N) is 2. The normalized spacial score (nSPS) is 17.1. The summed E-state index contributed by atoms with van der Waals surface area (Å²) in [6.45, 7) is 23.5. The molecule has 262 valence electrons. The van der Waals surface area contributed by atoms with Crippen molar-refractivity contribution in [3.63, 3.8) is 0 Å². The second-order valence-corrected chi connectivity index (χ2v) is 19.0. The minimum atomic E-state index is -0.287. The van der Waals surface area contributed by atoms with Crippen LogP contribution in [0.2, 0.25) is 0 Å². The first-order valence-electron chi connectivity index (χ1n) is 19.2. The first kappa shape index (κ1) is 31.4. The molecule has 0 saturated carbocycles. The molecule has 0 bridgehead atoms. The molecule has 0 unspecified atom stereocenters. The Bertz CT molecular complexity index is 2780. The van der Waals surface area contributed by atoms with Crippen molar-refractivity contribution in [2.24, 2.45) is 0 Å². The molecule has 53 heavy (non-hydrogen) atoms. The summed E-state index contributed by atoms with van der Waals surface area (Å²) in [6, 6.07) is 34.1. The molecule has 5 aromatic carbocycles. The van der Waals surface area contributed by atoms with E-state index in [-0.39, 0.29) is 28.4 Å². The van der Waals surface area contributed by atoms with Crippen molar-refractivity contribution in [3.05, 3.63) is 124 Å². The van der Waals surface area contributed by atoms with Gasteiger partial charge in [-0.25, -0.2) is 0 Å². The lowest BCUT2D eigenvalue weighted by Crippen LogP contribution is -2.62. The molecule has 2 aromatic heterocycles. The van der Waals surface area contributed by atoms with E-state index in [1.54, 1.807) is 0 Å². The van der Waals surface area contributed by atoms with Gasteiger partial charge in [-0.1, -0.05) is 124 Å². The van der Waals surface area contributed by atoms with Gasteiger partial charge in [-0.15, -0.1) is 0 Å². The van der Waals surface area contributed by atoms with Gasteiger partial charge in [0.25, 0.3) is 0 Å². The van der Waals surface area contributed by atoms with E-state index in [1.165, 1.54) is 67.1 Å². The van der Waals surface area contributed by atoms with Gasteiger partial charge in [-0.05, 0) is 86.1 Å². The molecule has 0 atom stereocenters. The molecule has 0 spiro atoms. The van der Waals surface area contributed by atoms with Crippen LogP contribution < -0.4 is 26.4 Å². The minimum Gasteiger partial charge on any atom is -0.468 e. The van der Waals surface area contributed by atoms with Crippen molar-refractivity contribution in [1.29, 1.82) is 0 Å². The van der Waals surface area contributed by atoms with Crippen LogP contribution in [0.25, 0.3) is 21.9 Å². The van der Waals surface area contributed by atoms with Gasteiger partial charge in [0.2, 0.25) is 5.88 Å². The van der Waals surface area contributed by atoms with Crippen LogP contribution in [0.5, 0.6) is 0 Å².